The summed E-state index contributed by atoms with van der Waals surface area (Å²) >= 11 is 17.8. The Labute approximate surface area is 117 Å². The monoisotopic (exact) mass is 292 g/mol. The van der Waals surface area contributed by atoms with E-state index >= 15 is 0 Å². The van der Waals surface area contributed by atoms with Crippen molar-refractivity contribution in [2.75, 3.05) is 5.32 Å². The fourth-order valence-electron chi connectivity index (χ4n) is 2.16. The number of aromatic nitrogens is 1. The standard InChI is InChI=1S/C12H15Cl3N2/c13-9-7-10(14)12(17-11(9)15)16-8-5-3-1-2-4-6-8/h7-8H,1-6H2,(H,16,17). The van der Waals surface area contributed by atoms with Crippen LogP contribution in [0, 0.1) is 0 Å². The molecule has 1 aliphatic carbocycles. The Morgan fingerprint density at radius 1 is 1.00 bits per heavy atom. The summed E-state index contributed by atoms with van der Waals surface area (Å²) in [5.74, 6) is 0.646. The zero-order chi connectivity index (χ0) is 12.3. The van der Waals surface area contributed by atoms with E-state index in [-0.39, 0.29) is 0 Å². The van der Waals surface area contributed by atoms with Gasteiger partial charge in [0.15, 0.2) is 0 Å². The molecule has 1 aliphatic rings. The second kappa shape index (κ2) is 6.12. The SMILES string of the molecule is Clc1cc(Cl)c(NC2CCCCCC2)nc1Cl. The number of hydrogen-bond acceptors (Lipinski definition) is 2. The van der Waals surface area contributed by atoms with E-state index in [2.05, 4.69) is 10.3 Å². The van der Waals surface area contributed by atoms with Crippen LogP contribution < -0.4 is 5.32 Å². The number of hydrogen-bond donors (Lipinski definition) is 1. The molecule has 1 heterocycles. The van der Waals surface area contributed by atoms with Gasteiger partial charge >= 0.3 is 0 Å². The zero-order valence-corrected chi connectivity index (χ0v) is 11.7. The van der Waals surface area contributed by atoms with E-state index in [1.54, 1.807) is 6.07 Å². The average molecular weight is 294 g/mol. The normalized spacial score (nSPS) is 17.8. The van der Waals surface area contributed by atoms with E-state index < -0.39 is 0 Å². The molecule has 0 bridgehead atoms. The third-order valence-electron chi connectivity index (χ3n) is 3.08. The molecule has 1 N–H and O–H groups in total. The van der Waals surface area contributed by atoms with Crippen molar-refractivity contribution in [3.05, 3.63) is 21.3 Å². The molecule has 0 saturated heterocycles. The number of rotatable bonds is 2. The lowest BCUT2D eigenvalue weighted by atomic mass is 10.1. The van der Waals surface area contributed by atoms with Crippen molar-refractivity contribution in [1.29, 1.82) is 0 Å². The van der Waals surface area contributed by atoms with Crippen molar-refractivity contribution in [1.82, 2.24) is 4.98 Å². The Bertz CT molecular complexity index is 388. The first-order chi connectivity index (χ1) is 8.16. The topological polar surface area (TPSA) is 24.9 Å². The fraction of sp³-hybridized carbons (Fsp3) is 0.583. The maximum atomic E-state index is 6.09. The molecule has 0 spiro atoms. The van der Waals surface area contributed by atoms with Crippen molar-refractivity contribution < 1.29 is 0 Å². The first kappa shape index (κ1) is 13.3. The van der Waals surface area contributed by atoms with Crippen LogP contribution in [0.15, 0.2) is 6.07 Å². The van der Waals surface area contributed by atoms with Gasteiger partial charge in [-0.15, -0.1) is 0 Å². The summed E-state index contributed by atoms with van der Waals surface area (Å²) in [6, 6.07) is 2.08. The van der Waals surface area contributed by atoms with Gasteiger partial charge in [-0.05, 0) is 18.9 Å². The van der Waals surface area contributed by atoms with Crippen LogP contribution in [0.2, 0.25) is 15.2 Å². The van der Waals surface area contributed by atoms with Gasteiger partial charge in [0.05, 0.1) is 10.0 Å². The second-order valence-electron chi connectivity index (χ2n) is 4.42. The van der Waals surface area contributed by atoms with Gasteiger partial charge in [-0.3, -0.25) is 0 Å². The molecule has 1 saturated carbocycles. The van der Waals surface area contributed by atoms with Gasteiger partial charge in [-0.2, -0.15) is 0 Å². The van der Waals surface area contributed by atoms with Crippen LogP contribution >= 0.6 is 34.8 Å². The molecule has 0 atom stereocenters. The summed E-state index contributed by atoms with van der Waals surface area (Å²) in [6.07, 6.45) is 7.49. The Morgan fingerprint density at radius 2 is 1.65 bits per heavy atom. The number of anilines is 1. The summed E-state index contributed by atoms with van der Waals surface area (Å²) in [4.78, 5) is 4.19. The molecule has 0 amide bonds. The quantitative estimate of drug-likeness (QED) is 0.600. The molecule has 0 radical (unpaired) electrons. The lowest BCUT2D eigenvalue weighted by Gasteiger charge is -2.18. The van der Waals surface area contributed by atoms with E-state index in [4.69, 9.17) is 34.8 Å². The van der Waals surface area contributed by atoms with Crippen molar-refractivity contribution in [2.24, 2.45) is 0 Å². The molecule has 5 heteroatoms. The third-order valence-corrected chi connectivity index (χ3v) is 4.04. The first-order valence-corrected chi connectivity index (χ1v) is 7.08. The highest BCUT2D eigenvalue weighted by atomic mass is 35.5. The highest BCUT2D eigenvalue weighted by Gasteiger charge is 2.15. The molecular weight excluding hydrogens is 279 g/mol. The minimum absolute atomic E-state index is 0.298. The molecule has 1 aromatic rings. The van der Waals surface area contributed by atoms with Gasteiger partial charge in [0.2, 0.25) is 0 Å². The van der Waals surface area contributed by atoms with Gasteiger partial charge in [-0.25, -0.2) is 4.98 Å². The third kappa shape index (κ3) is 3.64. The maximum Gasteiger partial charge on any atom is 0.150 e. The van der Waals surface area contributed by atoms with Crippen LogP contribution in [0.1, 0.15) is 38.5 Å². The van der Waals surface area contributed by atoms with Gasteiger partial charge in [0.25, 0.3) is 0 Å². The van der Waals surface area contributed by atoms with E-state index in [1.165, 1.54) is 25.7 Å². The molecule has 1 aromatic heterocycles. The highest BCUT2D eigenvalue weighted by Crippen LogP contribution is 2.30. The van der Waals surface area contributed by atoms with Crippen molar-refractivity contribution in [3.8, 4) is 0 Å². The van der Waals surface area contributed by atoms with E-state index in [9.17, 15) is 0 Å². The van der Waals surface area contributed by atoms with Gasteiger partial charge in [0.1, 0.15) is 11.0 Å². The predicted octanol–water partition coefficient (Wildman–Crippen LogP) is 5.18. The van der Waals surface area contributed by atoms with E-state index in [1.807, 2.05) is 0 Å². The molecule has 2 nitrogen and oxygen atoms in total. The molecule has 94 valence electrons. The average Bonchev–Trinajstić information content (AvgIpc) is 2.54. The predicted molar refractivity (Wildman–Crippen MR) is 74.4 cm³/mol. The van der Waals surface area contributed by atoms with Gasteiger partial charge < -0.3 is 5.32 Å². The van der Waals surface area contributed by atoms with Crippen molar-refractivity contribution in [3.63, 3.8) is 0 Å². The van der Waals surface area contributed by atoms with Crippen LogP contribution in [-0.2, 0) is 0 Å². The van der Waals surface area contributed by atoms with Gasteiger partial charge in [-0.1, -0.05) is 60.5 Å². The van der Waals surface area contributed by atoms with Crippen LogP contribution in [0.25, 0.3) is 0 Å². The second-order valence-corrected chi connectivity index (χ2v) is 5.60. The Balaban J connectivity index is 2.09. The Hall–Kier alpha value is -0.180. The summed E-state index contributed by atoms with van der Waals surface area (Å²) < 4.78 is 0. The number of halogens is 3. The zero-order valence-electron chi connectivity index (χ0n) is 9.48. The number of nitrogens with one attached hydrogen (secondary N) is 1. The molecule has 17 heavy (non-hydrogen) atoms. The summed E-state index contributed by atoms with van der Waals surface area (Å²) in [5.41, 5.74) is 0. The van der Waals surface area contributed by atoms with E-state index in [0.29, 0.717) is 27.1 Å². The van der Waals surface area contributed by atoms with Crippen molar-refractivity contribution in [2.45, 2.75) is 44.6 Å². The lowest BCUT2D eigenvalue weighted by molar-refractivity contribution is 0.618. The lowest BCUT2D eigenvalue weighted by Crippen LogP contribution is -2.19. The highest BCUT2D eigenvalue weighted by molar-refractivity contribution is 6.42. The molecule has 0 unspecified atom stereocenters. The summed E-state index contributed by atoms with van der Waals surface area (Å²) in [5, 5.41) is 4.59. The fourth-order valence-corrected chi connectivity index (χ4v) is 2.71. The molecule has 0 aliphatic heterocycles. The largest absolute Gasteiger partial charge is 0.366 e. The Kier molecular flexibility index (Phi) is 4.78. The molecule has 1 fully saturated rings. The van der Waals surface area contributed by atoms with E-state index in [0.717, 1.165) is 12.8 Å². The Morgan fingerprint density at radius 3 is 2.29 bits per heavy atom. The number of nitrogens with zero attached hydrogens (tertiary/aromatic N) is 1. The summed E-state index contributed by atoms with van der Waals surface area (Å²) in [6.45, 7) is 0. The first-order valence-electron chi connectivity index (χ1n) is 5.95. The minimum Gasteiger partial charge on any atom is -0.366 e. The van der Waals surface area contributed by atoms with Gasteiger partial charge in [0, 0.05) is 6.04 Å². The van der Waals surface area contributed by atoms with Crippen LogP contribution in [0.5, 0.6) is 0 Å². The van der Waals surface area contributed by atoms with Crippen LogP contribution in [-0.4, -0.2) is 11.0 Å². The van der Waals surface area contributed by atoms with Crippen molar-refractivity contribution >= 4 is 40.6 Å². The minimum atomic E-state index is 0.298. The van der Waals surface area contributed by atoms with Crippen LogP contribution in [0.4, 0.5) is 5.82 Å². The van der Waals surface area contributed by atoms with Crippen LogP contribution in [0.3, 0.4) is 0 Å². The smallest absolute Gasteiger partial charge is 0.150 e. The maximum absolute atomic E-state index is 6.09. The molecular formula is C12H15Cl3N2. The number of pyridine rings is 1. The molecule has 0 aromatic carbocycles. The molecule has 2 rings (SSSR count). The summed E-state index contributed by atoms with van der Waals surface area (Å²) in [7, 11) is 0.